The van der Waals surface area contributed by atoms with Gasteiger partial charge in [-0.15, -0.1) is 11.3 Å². The molecular weight excluding hydrogens is 242 g/mol. The Balaban J connectivity index is 2.05. The van der Waals surface area contributed by atoms with Crippen molar-refractivity contribution < 1.29 is 4.79 Å². The van der Waals surface area contributed by atoms with E-state index in [0.717, 1.165) is 21.7 Å². The lowest BCUT2D eigenvalue weighted by molar-refractivity contribution is -0.111. The van der Waals surface area contributed by atoms with Crippen molar-refractivity contribution in [2.75, 3.05) is 5.32 Å². The summed E-state index contributed by atoms with van der Waals surface area (Å²) in [6.45, 7) is 3.99. The van der Waals surface area contributed by atoms with Gasteiger partial charge < -0.3 is 5.32 Å². The molecule has 1 N–H and O–H groups in total. The normalized spacial score (nSPS) is 10.8. The molecule has 0 saturated heterocycles. The quantitative estimate of drug-likeness (QED) is 0.827. The number of rotatable bonds is 3. The Labute approximate surface area is 111 Å². The molecule has 0 aliphatic rings. The third-order valence-corrected chi connectivity index (χ3v) is 3.43. The predicted molar refractivity (Wildman–Crippen MR) is 77.9 cm³/mol. The molecule has 0 aliphatic heterocycles. The second-order valence-electron chi connectivity index (χ2n) is 4.16. The van der Waals surface area contributed by atoms with Gasteiger partial charge in [-0.25, -0.2) is 0 Å². The number of amides is 1. The summed E-state index contributed by atoms with van der Waals surface area (Å²) in [5.41, 5.74) is 3.08. The molecule has 0 radical (unpaired) electrons. The summed E-state index contributed by atoms with van der Waals surface area (Å²) >= 11 is 1.61. The van der Waals surface area contributed by atoms with Gasteiger partial charge in [-0.3, -0.25) is 4.79 Å². The molecule has 0 bridgehead atoms. The molecule has 0 aliphatic carbocycles. The van der Waals surface area contributed by atoms with Crippen LogP contribution in [0.1, 0.15) is 16.0 Å². The van der Waals surface area contributed by atoms with Crippen LogP contribution in [0.15, 0.2) is 41.8 Å². The summed E-state index contributed by atoms with van der Waals surface area (Å²) in [5.74, 6) is -0.0999. The molecule has 2 nitrogen and oxygen atoms in total. The van der Waals surface area contributed by atoms with Crippen molar-refractivity contribution in [2.45, 2.75) is 13.8 Å². The van der Waals surface area contributed by atoms with E-state index in [1.54, 1.807) is 17.4 Å². The van der Waals surface area contributed by atoms with Crippen molar-refractivity contribution >= 4 is 29.0 Å². The van der Waals surface area contributed by atoms with Gasteiger partial charge in [-0.2, -0.15) is 0 Å². The first-order valence-corrected chi connectivity index (χ1v) is 6.63. The highest BCUT2D eigenvalue weighted by Gasteiger charge is 2.01. The van der Waals surface area contributed by atoms with Crippen molar-refractivity contribution in [3.63, 3.8) is 0 Å². The molecule has 2 aromatic rings. The number of nitrogens with one attached hydrogen (secondary N) is 1. The standard InChI is InChI=1S/C15H15NOS/c1-11-5-6-12(2)14(10-11)16-15(17)8-7-13-4-3-9-18-13/h3-10H,1-2H3,(H,16,17). The van der Waals surface area contributed by atoms with Crippen LogP contribution in [0.5, 0.6) is 0 Å². The number of hydrogen-bond donors (Lipinski definition) is 1. The Morgan fingerprint density at radius 2 is 2.11 bits per heavy atom. The zero-order valence-corrected chi connectivity index (χ0v) is 11.3. The first-order valence-electron chi connectivity index (χ1n) is 5.75. The fourth-order valence-corrected chi connectivity index (χ4v) is 2.21. The minimum atomic E-state index is -0.0999. The van der Waals surface area contributed by atoms with E-state index in [-0.39, 0.29) is 5.91 Å². The van der Waals surface area contributed by atoms with Crippen LogP contribution in [-0.2, 0) is 4.79 Å². The highest BCUT2D eigenvalue weighted by molar-refractivity contribution is 7.10. The fourth-order valence-electron chi connectivity index (χ4n) is 1.59. The Kier molecular flexibility index (Phi) is 3.95. The lowest BCUT2D eigenvalue weighted by Gasteiger charge is -2.07. The second kappa shape index (κ2) is 5.65. The zero-order valence-electron chi connectivity index (χ0n) is 10.4. The number of anilines is 1. The van der Waals surface area contributed by atoms with Gasteiger partial charge in [-0.1, -0.05) is 18.2 Å². The molecular formula is C15H15NOS. The van der Waals surface area contributed by atoms with Gasteiger partial charge in [0.25, 0.3) is 0 Å². The molecule has 18 heavy (non-hydrogen) atoms. The van der Waals surface area contributed by atoms with E-state index >= 15 is 0 Å². The summed E-state index contributed by atoms with van der Waals surface area (Å²) in [6, 6.07) is 9.96. The van der Waals surface area contributed by atoms with Crippen molar-refractivity contribution in [3.05, 3.63) is 57.8 Å². The minimum Gasteiger partial charge on any atom is -0.322 e. The molecule has 0 unspecified atom stereocenters. The lowest BCUT2D eigenvalue weighted by Crippen LogP contribution is -2.08. The van der Waals surface area contributed by atoms with Gasteiger partial charge in [0.15, 0.2) is 0 Å². The molecule has 0 saturated carbocycles. The number of carbonyl (C=O) groups excluding carboxylic acids is 1. The Morgan fingerprint density at radius 1 is 1.28 bits per heavy atom. The number of benzene rings is 1. The summed E-state index contributed by atoms with van der Waals surface area (Å²) in [4.78, 5) is 12.9. The van der Waals surface area contributed by atoms with Gasteiger partial charge in [0.2, 0.25) is 5.91 Å². The van der Waals surface area contributed by atoms with Crippen molar-refractivity contribution in [2.24, 2.45) is 0 Å². The maximum atomic E-state index is 11.8. The summed E-state index contributed by atoms with van der Waals surface area (Å²) in [6.07, 6.45) is 3.39. The molecule has 1 amide bonds. The Morgan fingerprint density at radius 3 is 2.83 bits per heavy atom. The number of thiophene rings is 1. The number of hydrogen-bond acceptors (Lipinski definition) is 2. The first kappa shape index (κ1) is 12.6. The molecule has 1 aromatic carbocycles. The average molecular weight is 257 g/mol. The maximum absolute atomic E-state index is 11.8. The number of carbonyl (C=O) groups is 1. The molecule has 92 valence electrons. The molecule has 0 spiro atoms. The van der Waals surface area contributed by atoms with Crippen LogP contribution in [0.4, 0.5) is 5.69 Å². The van der Waals surface area contributed by atoms with Gasteiger partial charge in [0, 0.05) is 16.6 Å². The van der Waals surface area contributed by atoms with E-state index in [9.17, 15) is 4.79 Å². The van der Waals surface area contributed by atoms with E-state index in [4.69, 9.17) is 0 Å². The van der Waals surface area contributed by atoms with Crippen LogP contribution in [-0.4, -0.2) is 5.91 Å². The summed E-state index contributed by atoms with van der Waals surface area (Å²) < 4.78 is 0. The van der Waals surface area contributed by atoms with Crippen LogP contribution in [0, 0.1) is 13.8 Å². The molecule has 3 heteroatoms. The van der Waals surface area contributed by atoms with E-state index in [0.29, 0.717) is 0 Å². The van der Waals surface area contributed by atoms with Crippen LogP contribution in [0.3, 0.4) is 0 Å². The fraction of sp³-hybridized carbons (Fsp3) is 0.133. The lowest BCUT2D eigenvalue weighted by atomic mass is 10.1. The molecule has 1 aromatic heterocycles. The van der Waals surface area contributed by atoms with Crippen LogP contribution in [0.2, 0.25) is 0 Å². The van der Waals surface area contributed by atoms with Crippen LogP contribution in [0.25, 0.3) is 6.08 Å². The molecule has 1 heterocycles. The van der Waals surface area contributed by atoms with Gasteiger partial charge in [0.1, 0.15) is 0 Å². The third kappa shape index (κ3) is 3.31. The van der Waals surface area contributed by atoms with E-state index in [2.05, 4.69) is 5.32 Å². The van der Waals surface area contributed by atoms with Gasteiger partial charge in [-0.05, 0) is 48.6 Å². The maximum Gasteiger partial charge on any atom is 0.248 e. The summed E-state index contributed by atoms with van der Waals surface area (Å²) in [5, 5.41) is 4.88. The largest absolute Gasteiger partial charge is 0.322 e. The minimum absolute atomic E-state index is 0.0999. The third-order valence-electron chi connectivity index (χ3n) is 2.59. The van der Waals surface area contributed by atoms with E-state index in [1.165, 1.54) is 0 Å². The highest BCUT2D eigenvalue weighted by Crippen LogP contribution is 2.16. The van der Waals surface area contributed by atoms with Crippen LogP contribution < -0.4 is 5.32 Å². The van der Waals surface area contributed by atoms with Gasteiger partial charge in [0.05, 0.1) is 0 Å². The Bertz CT molecular complexity index is 570. The van der Waals surface area contributed by atoms with E-state index in [1.807, 2.05) is 55.6 Å². The topological polar surface area (TPSA) is 29.1 Å². The van der Waals surface area contributed by atoms with E-state index < -0.39 is 0 Å². The molecule has 0 atom stereocenters. The van der Waals surface area contributed by atoms with Crippen molar-refractivity contribution in [1.29, 1.82) is 0 Å². The average Bonchev–Trinajstić information content (AvgIpc) is 2.84. The first-order chi connectivity index (χ1) is 8.65. The second-order valence-corrected chi connectivity index (χ2v) is 5.14. The molecule has 0 fully saturated rings. The predicted octanol–water partition coefficient (Wildman–Crippen LogP) is 4.02. The highest BCUT2D eigenvalue weighted by atomic mass is 32.1. The summed E-state index contributed by atoms with van der Waals surface area (Å²) in [7, 11) is 0. The van der Waals surface area contributed by atoms with Crippen molar-refractivity contribution in [1.82, 2.24) is 0 Å². The smallest absolute Gasteiger partial charge is 0.248 e. The van der Waals surface area contributed by atoms with Crippen molar-refractivity contribution in [3.8, 4) is 0 Å². The van der Waals surface area contributed by atoms with Crippen LogP contribution >= 0.6 is 11.3 Å². The zero-order chi connectivity index (χ0) is 13.0. The monoisotopic (exact) mass is 257 g/mol. The molecule has 2 rings (SSSR count). The number of aryl methyl sites for hydroxylation is 2. The Hall–Kier alpha value is -1.87. The SMILES string of the molecule is Cc1ccc(C)c(NC(=O)C=Cc2cccs2)c1. The van der Waals surface area contributed by atoms with Gasteiger partial charge >= 0.3 is 0 Å².